The van der Waals surface area contributed by atoms with Gasteiger partial charge in [-0.3, -0.25) is 0 Å². The normalized spacial score (nSPS) is 12.0. The number of likely N-dealkylation sites (N-methyl/N-ethyl adjacent to an activating group) is 1. The molecule has 0 aromatic rings. The lowest BCUT2D eigenvalue weighted by Crippen LogP contribution is -3.00. The first kappa shape index (κ1) is 20.5. The Balaban J connectivity index is 0. The molecule has 0 aliphatic carbocycles. The van der Waals surface area contributed by atoms with Crippen molar-refractivity contribution < 1.29 is 28.5 Å². The van der Waals surface area contributed by atoms with Crippen LogP contribution in [0.1, 0.15) is 54.4 Å². The molecule has 0 saturated heterocycles. The van der Waals surface area contributed by atoms with E-state index < -0.39 is 0 Å². The van der Waals surface area contributed by atoms with Crippen LogP contribution in [0.4, 0.5) is 0 Å². The predicted octanol–water partition coefficient (Wildman–Crippen LogP) is 1.56. The van der Waals surface area contributed by atoms with Gasteiger partial charge in [0.15, 0.2) is 0 Å². The van der Waals surface area contributed by atoms with E-state index in [1.54, 1.807) is 5.57 Å². The number of hydrogen-bond donors (Lipinski definition) is 0. The predicted molar refractivity (Wildman–Crippen MR) is 79.2 cm³/mol. The van der Waals surface area contributed by atoms with Crippen LogP contribution in [-0.4, -0.2) is 30.7 Å². The highest BCUT2D eigenvalue weighted by Crippen LogP contribution is 2.11. The first-order chi connectivity index (χ1) is 7.99. The maximum atomic E-state index is 2.45. The average Bonchev–Trinajstić information content (AvgIpc) is 2.31. The molecule has 0 atom stereocenters. The lowest BCUT2D eigenvalue weighted by molar-refractivity contribution is -0.917. The van der Waals surface area contributed by atoms with E-state index in [0.29, 0.717) is 0 Å². The first-order valence-corrected chi connectivity index (χ1v) is 7.13. The minimum atomic E-state index is 0. The molecule has 1 nitrogen and oxygen atoms in total. The number of nitrogens with zero attached hydrogens (tertiary/aromatic N) is 1. The Kier molecular flexibility index (Phi) is 12.6. The quantitative estimate of drug-likeness (QED) is 0.348. The highest BCUT2D eigenvalue weighted by Gasteiger charge is 2.18. The Morgan fingerprint density at radius 1 is 0.889 bits per heavy atom. The van der Waals surface area contributed by atoms with Gasteiger partial charge in [-0.25, -0.2) is 0 Å². The number of hydrogen-bond acceptors (Lipinski definition) is 0. The van der Waals surface area contributed by atoms with Crippen LogP contribution in [0, 0.1) is 0 Å². The fraction of sp³-hybridized carbons (Fsp3) is 0.750. The summed E-state index contributed by atoms with van der Waals surface area (Å²) in [6.07, 6.45) is 7.19. The van der Waals surface area contributed by atoms with Crippen LogP contribution < -0.4 is 24.0 Å². The second-order valence-electron chi connectivity index (χ2n) is 5.34. The van der Waals surface area contributed by atoms with Crippen LogP contribution in [0.15, 0.2) is 23.3 Å². The van der Waals surface area contributed by atoms with Crippen molar-refractivity contribution in [2.45, 2.75) is 54.4 Å². The standard InChI is InChI=1S/C16H32N.HI/c1-7-17(8-2,9-3)14-13-16(6)12-10-11-15(4)5;/h11,13H,7-10,12,14H2,1-6H3;1H/q+1;/p-1/b16-13+;. The molecule has 0 aromatic heterocycles. The van der Waals surface area contributed by atoms with Crippen molar-refractivity contribution in [3.63, 3.8) is 0 Å². The molecule has 0 N–H and O–H groups in total. The van der Waals surface area contributed by atoms with Gasteiger partial charge in [0.05, 0.1) is 26.2 Å². The third-order valence-corrected chi connectivity index (χ3v) is 3.93. The fourth-order valence-corrected chi connectivity index (χ4v) is 2.10. The molecular weight excluding hydrogens is 333 g/mol. The Labute approximate surface area is 132 Å². The lowest BCUT2D eigenvalue weighted by Gasteiger charge is -2.34. The van der Waals surface area contributed by atoms with Crippen LogP contribution in [0.5, 0.6) is 0 Å². The Hall–Kier alpha value is 0.170. The van der Waals surface area contributed by atoms with Gasteiger partial charge in [-0.1, -0.05) is 17.2 Å². The van der Waals surface area contributed by atoms with Crippen molar-refractivity contribution in [3.8, 4) is 0 Å². The maximum Gasteiger partial charge on any atom is 0.0976 e. The van der Waals surface area contributed by atoms with Crippen molar-refractivity contribution >= 4 is 0 Å². The zero-order chi connectivity index (χ0) is 13.3. The molecule has 0 amide bonds. The van der Waals surface area contributed by atoms with E-state index in [2.05, 4.69) is 53.7 Å². The molecule has 0 unspecified atom stereocenters. The van der Waals surface area contributed by atoms with Gasteiger partial charge in [0.25, 0.3) is 0 Å². The van der Waals surface area contributed by atoms with E-state index in [-0.39, 0.29) is 24.0 Å². The molecule has 0 heterocycles. The van der Waals surface area contributed by atoms with Gasteiger partial charge in [0.1, 0.15) is 0 Å². The van der Waals surface area contributed by atoms with Crippen LogP contribution in [0.3, 0.4) is 0 Å². The third-order valence-electron chi connectivity index (χ3n) is 3.93. The molecule has 0 fully saturated rings. The summed E-state index contributed by atoms with van der Waals surface area (Å²) in [4.78, 5) is 0. The number of quaternary nitrogens is 1. The molecule has 0 radical (unpaired) electrons. The summed E-state index contributed by atoms with van der Waals surface area (Å²) in [5.41, 5.74) is 2.97. The Morgan fingerprint density at radius 2 is 1.39 bits per heavy atom. The molecular formula is C16H32IN. The minimum Gasteiger partial charge on any atom is -1.00 e. The van der Waals surface area contributed by atoms with Gasteiger partial charge in [-0.15, -0.1) is 0 Å². The molecule has 108 valence electrons. The van der Waals surface area contributed by atoms with Crippen molar-refractivity contribution in [1.82, 2.24) is 0 Å². The summed E-state index contributed by atoms with van der Waals surface area (Å²) in [5.74, 6) is 0. The molecule has 0 spiro atoms. The molecule has 2 heteroatoms. The van der Waals surface area contributed by atoms with Crippen LogP contribution in [0.25, 0.3) is 0 Å². The zero-order valence-corrected chi connectivity index (χ0v) is 15.4. The summed E-state index contributed by atoms with van der Waals surface area (Å²) >= 11 is 0. The van der Waals surface area contributed by atoms with E-state index in [1.165, 1.54) is 49.1 Å². The molecule has 0 saturated carbocycles. The van der Waals surface area contributed by atoms with Crippen molar-refractivity contribution in [1.29, 1.82) is 0 Å². The second kappa shape index (κ2) is 11.0. The maximum absolute atomic E-state index is 2.45. The number of halogens is 1. The van der Waals surface area contributed by atoms with Crippen molar-refractivity contribution in [3.05, 3.63) is 23.3 Å². The van der Waals surface area contributed by atoms with E-state index >= 15 is 0 Å². The van der Waals surface area contributed by atoms with Crippen molar-refractivity contribution in [2.24, 2.45) is 0 Å². The minimum absolute atomic E-state index is 0. The van der Waals surface area contributed by atoms with Gasteiger partial charge in [-0.05, 0) is 60.5 Å². The fourth-order valence-electron chi connectivity index (χ4n) is 2.10. The highest BCUT2D eigenvalue weighted by atomic mass is 127. The molecule has 0 rings (SSSR count). The monoisotopic (exact) mass is 365 g/mol. The van der Waals surface area contributed by atoms with E-state index in [0.717, 1.165) is 0 Å². The smallest absolute Gasteiger partial charge is 0.0976 e. The summed E-state index contributed by atoms with van der Waals surface area (Å²) in [6.45, 7) is 18.5. The molecule has 0 aliphatic heterocycles. The van der Waals surface area contributed by atoms with Crippen molar-refractivity contribution in [2.75, 3.05) is 26.2 Å². The summed E-state index contributed by atoms with van der Waals surface area (Å²) in [7, 11) is 0. The lowest BCUT2D eigenvalue weighted by atomic mass is 10.1. The number of rotatable bonds is 8. The van der Waals surface area contributed by atoms with Gasteiger partial charge < -0.3 is 28.5 Å². The molecule has 18 heavy (non-hydrogen) atoms. The topological polar surface area (TPSA) is 0 Å². The van der Waals surface area contributed by atoms with Crippen LogP contribution >= 0.6 is 0 Å². The Morgan fingerprint density at radius 3 is 1.78 bits per heavy atom. The number of allylic oxidation sites excluding steroid dienone is 3. The third kappa shape index (κ3) is 8.30. The van der Waals surface area contributed by atoms with Gasteiger partial charge in [0.2, 0.25) is 0 Å². The summed E-state index contributed by atoms with van der Waals surface area (Å²) in [5, 5.41) is 0. The molecule has 0 aliphatic rings. The Bertz CT molecular complexity index is 250. The van der Waals surface area contributed by atoms with E-state index in [1.807, 2.05) is 0 Å². The zero-order valence-electron chi connectivity index (χ0n) is 13.2. The van der Waals surface area contributed by atoms with Crippen LogP contribution in [0.2, 0.25) is 0 Å². The van der Waals surface area contributed by atoms with E-state index in [4.69, 9.17) is 0 Å². The molecule has 0 aromatic carbocycles. The summed E-state index contributed by atoms with van der Waals surface area (Å²) in [6, 6.07) is 0. The van der Waals surface area contributed by atoms with Gasteiger partial charge in [0, 0.05) is 0 Å². The van der Waals surface area contributed by atoms with Gasteiger partial charge in [-0.2, -0.15) is 0 Å². The highest BCUT2D eigenvalue weighted by molar-refractivity contribution is 5.02. The van der Waals surface area contributed by atoms with Gasteiger partial charge >= 0.3 is 0 Å². The SMILES string of the molecule is CC[N+](CC)(CC)C/C=C(\C)CCC=C(C)C.[I-]. The van der Waals surface area contributed by atoms with E-state index in [9.17, 15) is 0 Å². The molecule has 0 bridgehead atoms. The second-order valence-corrected chi connectivity index (χ2v) is 5.34. The largest absolute Gasteiger partial charge is 1.00 e. The summed E-state index contributed by atoms with van der Waals surface area (Å²) < 4.78 is 1.22. The first-order valence-electron chi connectivity index (χ1n) is 7.13. The van der Waals surface area contributed by atoms with Crippen LogP contribution in [-0.2, 0) is 0 Å². The average molecular weight is 365 g/mol.